The Hall–Kier alpha value is -2.92. The van der Waals surface area contributed by atoms with Gasteiger partial charge in [0.2, 0.25) is 0 Å². The zero-order chi connectivity index (χ0) is 16.2. The second-order valence-electron chi connectivity index (χ2n) is 5.05. The highest BCUT2D eigenvalue weighted by atomic mass is 16.5. The molecule has 0 saturated carbocycles. The summed E-state index contributed by atoms with van der Waals surface area (Å²) in [5, 5.41) is 29.2. The summed E-state index contributed by atoms with van der Waals surface area (Å²) in [7, 11) is 0. The predicted octanol–water partition coefficient (Wildman–Crippen LogP) is 3.35. The normalized spacial score (nSPS) is 12.0. The summed E-state index contributed by atoms with van der Waals surface area (Å²) >= 11 is 0. The first kappa shape index (κ1) is 15.0. The SMILES string of the molecule is Oc1ccc(C(O)c2ccc(COc3ccccc3O)o2)cc1. The van der Waals surface area contributed by atoms with Crippen molar-refractivity contribution < 1.29 is 24.5 Å². The van der Waals surface area contributed by atoms with Gasteiger partial charge in [-0.2, -0.15) is 0 Å². The van der Waals surface area contributed by atoms with Crippen molar-refractivity contribution >= 4 is 0 Å². The molecule has 2 aromatic carbocycles. The molecule has 0 amide bonds. The van der Waals surface area contributed by atoms with Crippen molar-refractivity contribution in [3.05, 3.63) is 77.7 Å². The molecule has 0 bridgehead atoms. The lowest BCUT2D eigenvalue weighted by atomic mass is 10.1. The highest BCUT2D eigenvalue weighted by Gasteiger charge is 2.15. The lowest BCUT2D eigenvalue weighted by molar-refractivity contribution is 0.179. The lowest BCUT2D eigenvalue weighted by Crippen LogP contribution is -1.98. The maximum Gasteiger partial charge on any atom is 0.161 e. The Bertz CT molecular complexity index is 776. The number of aliphatic hydroxyl groups is 1. The first-order valence-corrected chi connectivity index (χ1v) is 7.10. The lowest BCUT2D eigenvalue weighted by Gasteiger charge is -2.08. The first-order chi connectivity index (χ1) is 11.1. The Labute approximate surface area is 133 Å². The summed E-state index contributed by atoms with van der Waals surface area (Å²) in [4.78, 5) is 0. The zero-order valence-corrected chi connectivity index (χ0v) is 12.2. The zero-order valence-electron chi connectivity index (χ0n) is 12.2. The van der Waals surface area contributed by atoms with Crippen LogP contribution in [-0.4, -0.2) is 15.3 Å². The van der Waals surface area contributed by atoms with Crippen molar-refractivity contribution in [2.45, 2.75) is 12.7 Å². The van der Waals surface area contributed by atoms with Gasteiger partial charge in [0.25, 0.3) is 0 Å². The second kappa shape index (κ2) is 6.46. The molecular formula is C18H16O5. The Morgan fingerprint density at radius 3 is 2.39 bits per heavy atom. The summed E-state index contributed by atoms with van der Waals surface area (Å²) in [5.74, 6) is 1.47. The van der Waals surface area contributed by atoms with E-state index < -0.39 is 6.10 Å². The van der Waals surface area contributed by atoms with Crippen LogP contribution in [0.2, 0.25) is 0 Å². The van der Waals surface area contributed by atoms with Crippen LogP contribution in [-0.2, 0) is 6.61 Å². The fraction of sp³-hybridized carbons (Fsp3) is 0.111. The van der Waals surface area contributed by atoms with Crippen molar-refractivity contribution in [1.29, 1.82) is 0 Å². The van der Waals surface area contributed by atoms with E-state index in [1.54, 1.807) is 42.5 Å². The van der Waals surface area contributed by atoms with E-state index in [1.807, 2.05) is 0 Å². The Balaban J connectivity index is 1.68. The number of ether oxygens (including phenoxy) is 1. The van der Waals surface area contributed by atoms with Crippen LogP contribution >= 0.6 is 0 Å². The molecule has 118 valence electrons. The van der Waals surface area contributed by atoms with Crippen molar-refractivity contribution in [3.63, 3.8) is 0 Å². The first-order valence-electron chi connectivity index (χ1n) is 7.10. The molecule has 0 aliphatic carbocycles. The van der Waals surface area contributed by atoms with Crippen molar-refractivity contribution in [2.24, 2.45) is 0 Å². The molecule has 3 aromatic rings. The molecule has 1 aromatic heterocycles. The number of aliphatic hydroxyl groups excluding tert-OH is 1. The molecule has 5 nitrogen and oxygen atoms in total. The highest BCUT2D eigenvalue weighted by molar-refractivity contribution is 5.38. The van der Waals surface area contributed by atoms with E-state index in [0.717, 1.165) is 0 Å². The molecule has 23 heavy (non-hydrogen) atoms. The largest absolute Gasteiger partial charge is 0.508 e. The average molecular weight is 312 g/mol. The van der Waals surface area contributed by atoms with Gasteiger partial charge < -0.3 is 24.5 Å². The molecule has 1 heterocycles. The van der Waals surface area contributed by atoms with Gasteiger partial charge in [0.05, 0.1) is 0 Å². The molecule has 0 radical (unpaired) electrons. The van der Waals surface area contributed by atoms with Gasteiger partial charge in [-0.25, -0.2) is 0 Å². The van der Waals surface area contributed by atoms with Crippen LogP contribution in [0.1, 0.15) is 23.2 Å². The molecule has 1 unspecified atom stereocenters. The van der Waals surface area contributed by atoms with Crippen molar-refractivity contribution in [3.8, 4) is 17.2 Å². The van der Waals surface area contributed by atoms with Gasteiger partial charge in [-0.05, 0) is 42.0 Å². The number of rotatable bonds is 5. The van der Waals surface area contributed by atoms with Gasteiger partial charge in [0, 0.05) is 0 Å². The van der Waals surface area contributed by atoms with Crippen LogP contribution in [0.15, 0.2) is 65.1 Å². The van der Waals surface area contributed by atoms with Crippen molar-refractivity contribution in [1.82, 2.24) is 0 Å². The smallest absolute Gasteiger partial charge is 0.161 e. The quantitative estimate of drug-likeness (QED) is 0.673. The third-order valence-corrected chi connectivity index (χ3v) is 3.40. The molecule has 3 rings (SSSR count). The van der Waals surface area contributed by atoms with E-state index in [-0.39, 0.29) is 18.1 Å². The third kappa shape index (κ3) is 3.46. The van der Waals surface area contributed by atoms with Gasteiger partial charge >= 0.3 is 0 Å². The summed E-state index contributed by atoms with van der Waals surface area (Å²) in [6.45, 7) is 0.139. The molecular weight excluding hydrogens is 296 g/mol. The van der Waals surface area contributed by atoms with E-state index in [2.05, 4.69) is 0 Å². The molecule has 1 atom stereocenters. The van der Waals surface area contributed by atoms with Gasteiger partial charge in [-0.15, -0.1) is 0 Å². The monoisotopic (exact) mass is 312 g/mol. The van der Waals surface area contributed by atoms with E-state index >= 15 is 0 Å². The molecule has 0 aliphatic rings. The number of hydrogen-bond acceptors (Lipinski definition) is 5. The third-order valence-electron chi connectivity index (χ3n) is 3.40. The van der Waals surface area contributed by atoms with Crippen LogP contribution in [0.3, 0.4) is 0 Å². The molecule has 0 fully saturated rings. The molecule has 0 spiro atoms. The summed E-state index contributed by atoms with van der Waals surface area (Å²) < 4.78 is 11.1. The van der Waals surface area contributed by atoms with Crippen LogP contribution in [0, 0.1) is 0 Å². The Morgan fingerprint density at radius 2 is 1.65 bits per heavy atom. The van der Waals surface area contributed by atoms with Crippen molar-refractivity contribution in [2.75, 3.05) is 0 Å². The number of phenolic OH excluding ortho intramolecular Hbond substituents is 2. The topological polar surface area (TPSA) is 83.1 Å². The van der Waals surface area contributed by atoms with E-state index in [0.29, 0.717) is 22.8 Å². The van der Waals surface area contributed by atoms with Crippen LogP contribution < -0.4 is 4.74 Å². The molecule has 0 aliphatic heterocycles. The summed E-state index contributed by atoms with van der Waals surface area (Å²) in [6.07, 6.45) is -0.922. The van der Waals surface area contributed by atoms with Gasteiger partial charge in [0.1, 0.15) is 30.0 Å². The number of para-hydroxylation sites is 2. The highest BCUT2D eigenvalue weighted by Crippen LogP contribution is 2.28. The summed E-state index contributed by atoms with van der Waals surface area (Å²) in [6, 6.07) is 16.3. The minimum Gasteiger partial charge on any atom is -0.508 e. The number of furan rings is 1. The Kier molecular flexibility index (Phi) is 4.21. The molecule has 5 heteroatoms. The summed E-state index contributed by atoms with van der Waals surface area (Å²) in [5.41, 5.74) is 0.616. The molecule has 3 N–H and O–H groups in total. The minimum absolute atomic E-state index is 0.0587. The van der Waals surface area contributed by atoms with Gasteiger partial charge in [-0.1, -0.05) is 24.3 Å². The number of aromatic hydroxyl groups is 2. The minimum atomic E-state index is -0.922. The van der Waals surface area contributed by atoms with E-state index in [1.165, 1.54) is 18.2 Å². The van der Waals surface area contributed by atoms with Gasteiger partial charge in [-0.3, -0.25) is 0 Å². The average Bonchev–Trinajstić information content (AvgIpc) is 3.03. The van der Waals surface area contributed by atoms with E-state index in [9.17, 15) is 15.3 Å². The van der Waals surface area contributed by atoms with Gasteiger partial charge in [0.15, 0.2) is 11.5 Å². The van der Waals surface area contributed by atoms with E-state index in [4.69, 9.17) is 9.15 Å². The maximum atomic E-state index is 10.3. The van der Waals surface area contributed by atoms with Crippen LogP contribution in [0.4, 0.5) is 0 Å². The molecule has 0 saturated heterocycles. The second-order valence-corrected chi connectivity index (χ2v) is 5.05. The maximum absolute atomic E-state index is 10.3. The van der Waals surface area contributed by atoms with Crippen LogP contribution in [0.5, 0.6) is 17.2 Å². The van der Waals surface area contributed by atoms with Crippen LogP contribution in [0.25, 0.3) is 0 Å². The Morgan fingerprint density at radius 1 is 0.913 bits per heavy atom. The fourth-order valence-electron chi connectivity index (χ4n) is 2.17. The fourth-order valence-corrected chi connectivity index (χ4v) is 2.17. The number of hydrogen-bond donors (Lipinski definition) is 3. The number of benzene rings is 2. The standard InChI is InChI=1S/C18H16O5/c19-13-7-5-12(6-8-13)18(21)17-10-9-14(23-17)11-22-16-4-2-1-3-15(16)20/h1-10,18-21H,11H2. The predicted molar refractivity (Wildman–Crippen MR) is 83.3 cm³/mol. The number of phenols is 2.